The van der Waals surface area contributed by atoms with E-state index in [4.69, 9.17) is 14.2 Å². The maximum Gasteiger partial charge on any atom is 0.258 e. The molecule has 0 bridgehead atoms. The van der Waals surface area contributed by atoms with E-state index in [1.165, 1.54) is 16.7 Å². The number of fused-ring (bicyclic) bond motifs is 2. The van der Waals surface area contributed by atoms with E-state index in [1.807, 2.05) is 95.8 Å². The van der Waals surface area contributed by atoms with Gasteiger partial charge in [-0.15, -0.1) is 0 Å². The van der Waals surface area contributed by atoms with E-state index in [9.17, 15) is 9.59 Å². The lowest BCUT2D eigenvalue weighted by Gasteiger charge is -2.12. The van der Waals surface area contributed by atoms with E-state index < -0.39 is 0 Å². The van der Waals surface area contributed by atoms with Crippen LogP contribution in [-0.2, 0) is 32.4 Å². The fourth-order valence-electron chi connectivity index (χ4n) is 6.00. The van der Waals surface area contributed by atoms with Crippen LogP contribution in [0.15, 0.2) is 119 Å². The van der Waals surface area contributed by atoms with Crippen molar-refractivity contribution in [1.82, 2.24) is 9.13 Å². The maximum absolute atomic E-state index is 12.6. The first-order chi connectivity index (χ1) is 23.9. The van der Waals surface area contributed by atoms with E-state index in [0.717, 1.165) is 78.6 Å². The van der Waals surface area contributed by atoms with Crippen molar-refractivity contribution in [3.8, 4) is 17.2 Å². The Hall–Kier alpha value is -5.30. The van der Waals surface area contributed by atoms with Gasteiger partial charge in [0.05, 0.1) is 26.2 Å². The van der Waals surface area contributed by atoms with Crippen molar-refractivity contribution < 1.29 is 14.2 Å². The number of nitrogens with zero attached hydrogens (tertiary/aromatic N) is 2. The Kier molecular flexibility index (Phi) is 12.3. The van der Waals surface area contributed by atoms with Gasteiger partial charge in [0.1, 0.15) is 17.2 Å². The first kappa shape index (κ1) is 35.0. The summed E-state index contributed by atoms with van der Waals surface area (Å²) in [4.78, 5) is 25.1. The van der Waals surface area contributed by atoms with E-state index in [2.05, 4.69) is 32.0 Å². The Morgan fingerprint density at radius 1 is 0.551 bits per heavy atom. The van der Waals surface area contributed by atoms with Crippen LogP contribution in [0.3, 0.4) is 0 Å². The Morgan fingerprint density at radius 3 is 1.73 bits per heavy atom. The molecule has 0 unspecified atom stereocenters. The molecule has 0 fully saturated rings. The number of aromatic nitrogens is 2. The second kappa shape index (κ2) is 17.2. The van der Waals surface area contributed by atoms with Gasteiger partial charge in [-0.2, -0.15) is 0 Å². The predicted molar refractivity (Wildman–Crippen MR) is 200 cm³/mol. The Morgan fingerprint density at radius 2 is 1.10 bits per heavy atom. The van der Waals surface area contributed by atoms with Crippen LogP contribution in [0.2, 0.25) is 0 Å². The molecule has 0 aliphatic rings. The van der Waals surface area contributed by atoms with Gasteiger partial charge in [0, 0.05) is 42.7 Å². The van der Waals surface area contributed by atoms with Gasteiger partial charge in [0.25, 0.3) is 11.1 Å². The molecule has 6 rings (SSSR count). The molecule has 7 heteroatoms. The van der Waals surface area contributed by atoms with E-state index in [-0.39, 0.29) is 11.1 Å². The molecule has 0 aliphatic heterocycles. The molecule has 0 N–H and O–H groups in total. The van der Waals surface area contributed by atoms with Crippen LogP contribution in [0.1, 0.15) is 43.4 Å². The minimum Gasteiger partial charge on any atom is -0.497 e. The van der Waals surface area contributed by atoms with E-state index >= 15 is 0 Å². The number of aryl methyl sites for hydroxylation is 4. The normalized spacial score (nSPS) is 10.9. The van der Waals surface area contributed by atoms with Crippen molar-refractivity contribution in [3.05, 3.63) is 147 Å². The summed E-state index contributed by atoms with van der Waals surface area (Å²) < 4.78 is 19.9. The molecule has 0 saturated heterocycles. The summed E-state index contributed by atoms with van der Waals surface area (Å²) in [7, 11) is 3.34. The van der Waals surface area contributed by atoms with Crippen molar-refractivity contribution in [2.24, 2.45) is 0 Å². The summed E-state index contributed by atoms with van der Waals surface area (Å²) in [5, 5.41) is 3.47. The lowest BCUT2D eigenvalue weighted by molar-refractivity contribution is 0.325. The Bertz CT molecular complexity index is 2080. The van der Waals surface area contributed by atoms with Crippen molar-refractivity contribution in [2.75, 3.05) is 20.8 Å². The van der Waals surface area contributed by atoms with Gasteiger partial charge >= 0.3 is 0 Å². The number of methoxy groups -OCH3 is 2. The molecule has 0 atom stereocenters. The smallest absolute Gasteiger partial charge is 0.258 e. The minimum absolute atomic E-state index is 0.0416. The largest absolute Gasteiger partial charge is 0.497 e. The molecule has 4 aromatic carbocycles. The third kappa shape index (κ3) is 8.79. The molecule has 0 radical (unpaired) electrons. The summed E-state index contributed by atoms with van der Waals surface area (Å²) in [6, 6.07) is 31.7. The third-order valence-corrected chi connectivity index (χ3v) is 8.63. The Labute approximate surface area is 288 Å². The molecule has 2 aromatic heterocycles. The highest BCUT2D eigenvalue weighted by Gasteiger charge is 2.09. The summed E-state index contributed by atoms with van der Waals surface area (Å²) in [5.41, 5.74) is 3.84. The summed E-state index contributed by atoms with van der Waals surface area (Å²) >= 11 is 0. The zero-order valence-corrected chi connectivity index (χ0v) is 29.0. The molecule has 0 aliphatic carbocycles. The molecule has 0 amide bonds. The second-order valence-corrected chi connectivity index (χ2v) is 12.0. The fraction of sp³-hybridized carbons (Fsp3) is 0.286. The number of hydrogen-bond donors (Lipinski definition) is 0. The zero-order chi connectivity index (χ0) is 34.6. The number of benzene rings is 4. The topological polar surface area (TPSA) is 71.7 Å². The van der Waals surface area contributed by atoms with Gasteiger partial charge in [0.2, 0.25) is 0 Å². The van der Waals surface area contributed by atoms with Crippen LogP contribution in [0, 0.1) is 0 Å². The quantitative estimate of drug-likeness (QED) is 0.125. The first-order valence-electron chi connectivity index (χ1n) is 17.1. The van der Waals surface area contributed by atoms with Gasteiger partial charge in [-0.3, -0.25) is 9.59 Å². The van der Waals surface area contributed by atoms with Gasteiger partial charge in [-0.1, -0.05) is 62.4 Å². The lowest BCUT2D eigenvalue weighted by atomic mass is 10.0. The van der Waals surface area contributed by atoms with Gasteiger partial charge < -0.3 is 23.3 Å². The lowest BCUT2D eigenvalue weighted by Crippen LogP contribution is -2.20. The molecule has 0 spiro atoms. The highest BCUT2D eigenvalue weighted by Crippen LogP contribution is 2.24. The minimum atomic E-state index is 0.0416. The zero-order valence-electron chi connectivity index (χ0n) is 29.0. The van der Waals surface area contributed by atoms with Crippen LogP contribution < -0.4 is 25.3 Å². The van der Waals surface area contributed by atoms with Crippen molar-refractivity contribution >= 4 is 21.5 Å². The van der Waals surface area contributed by atoms with Crippen molar-refractivity contribution in [1.29, 1.82) is 0 Å². The second-order valence-electron chi connectivity index (χ2n) is 12.0. The number of rotatable bonds is 13. The van der Waals surface area contributed by atoms with Gasteiger partial charge in [-0.05, 0) is 96.3 Å². The van der Waals surface area contributed by atoms with Crippen molar-refractivity contribution in [3.63, 3.8) is 0 Å². The number of ether oxygens (including phenoxy) is 3. The number of pyridine rings is 2. The van der Waals surface area contributed by atoms with E-state index in [0.29, 0.717) is 12.0 Å². The molecular weight excluding hydrogens is 612 g/mol. The summed E-state index contributed by atoms with van der Waals surface area (Å²) in [5.74, 6) is 2.48. The van der Waals surface area contributed by atoms with E-state index in [1.54, 1.807) is 18.8 Å². The molecule has 2 heterocycles. The van der Waals surface area contributed by atoms with Crippen LogP contribution in [0.25, 0.3) is 21.5 Å². The third-order valence-electron chi connectivity index (χ3n) is 8.63. The van der Waals surface area contributed by atoms with Crippen LogP contribution in [0.4, 0.5) is 0 Å². The summed E-state index contributed by atoms with van der Waals surface area (Å²) in [6.07, 6.45) is 8.43. The maximum atomic E-state index is 12.6. The first-order valence-corrected chi connectivity index (χ1v) is 17.1. The Balaban J connectivity index is 0.000000191. The molecule has 49 heavy (non-hydrogen) atoms. The van der Waals surface area contributed by atoms with Crippen LogP contribution in [0.5, 0.6) is 17.2 Å². The molecule has 7 nitrogen and oxygen atoms in total. The number of hydrogen-bond acceptors (Lipinski definition) is 5. The van der Waals surface area contributed by atoms with Crippen molar-refractivity contribution in [2.45, 2.75) is 59.0 Å². The highest BCUT2D eigenvalue weighted by molar-refractivity contribution is 5.87. The SMILES string of the molecule is CCCn1cc(CCc2ccc(OC)cc2)c2ccccc2c1=O.CCCn1ccc2c(OCCc3ccc(OC)cc3)cccc2c1=O. The van der Waals surface area contributed by atoms with Crippen LogP contribution >= 0.6 is 0 Å². The highest BCUT2D eigenvalue weighted by atomic mass is 16.5. The fourth-order valence-corrected chi connectivity index (χ4v) is 6.00. The monoisotopic (exact) mass is 658 g/mol. The molecule has 6 aromatic rings. The van der Waals surface area contributed by atoms with Crippen LogP contribution in [-0.4, -0.2) is 30.0 Å². The molecular formula is C42H46N2O5. The predicted octanol–water partition coefficient (Wildman–Crippen LogP) is 8.25. The van der Waals surface area contributed by atoms with Gasteiger partial charge in [0.15, 0.2) is 0 Å². The average molecular weight is 659 g/mol. The van der Waals surface area contributed by atoms with Gasteiger partial charge in [-0.25, -0.2) is 0 Å². The summed E-state index contributed by atoms with van der Waals surface area (Å²) in [6.45, 7) is 6.22. The standard InChI is InChI=1S/C21H23NO3.C21H23NO2/c1-3-13-22-14-11-18-19(21(22)23)5-4-6-20(18)25-15-12-16-7-9-17(24-2)10-8-16;1-3-14-22-15-17(19-6-4-5-7-20(19)21(22)23)11-8-16-9-12-18(24-2)13-10-16/h4-11,14H,3,12-13,15H2,1-2H3;4-7,9-10,12-13,15H,3,8,11,14H2,1-2H3. The molecule has 0 saturated carbocycles. The average Bonchev–Trinajstić information content (AvgIpc) is 3.14. The molecule has 254 valence electrons.